The van der Waals surface area contributed by atoms with Gasteiger partial charge in [-0.25, -0.2) is 0 Å². The molecule has 0 fully saturated rings. The van der Waals surface area contributed by atoms with Crippen LogP contribution in [0.2, 0.25) is 0 Å². The average molecular weight is 282 g/mol. The van der Waals surface area contributed by atoms with E-state index in [4.69, 9.17) is 9.05 Å². The lowest BCUT2D eigenvalue weighted by atomic mass is 10.3. The summed E-state index contributed by atoms with van der Waals surface area (Å²) in [6, 6.07) is 4.00. The van der Waals surface area contributed by atoms with Crippen molar-refractivity contribution in [3.63, 3.8) is 0 Å². The fourth-order valence-corrected chi connectivity index (χ4v) is 1.38. The second kappa shape index (κ2) is 11.3. The van der Waals surface area contributed by atoms with Crippen molar-refractivity contribution in [3.8, 4) is 0 Å². The van der Waals surface area contributed by atoms with Crippen LogP contribution in [-0.2, 0) is 25.7 Å². The molecule has 0 atom stereocenters. The van der Waals surface area contributed by atoms with Crippen LogP contribution in [0.15, 0.2) is 21.2 Å². The number of rotatable bonds is 4. The van der Waals surface area contributed by atoms with Crippen LogP contribution in [0.3, 0.4) is 0 Å². The maximum absolute atomic E-state index is 4.95. The summed E-state index contributed by atoms with van der Waals surface area (Å²) in [4.78, 5) is 0. The van der Waals surface area contributed by atoms with Gasteiger partial charge in [-0.15, -0.1) is 0 Å². The third-order valence-corrected chi connectivity index (χ3v) is 2.64. The second-order valence-corrected chi connectivity index (χ2v) is 3.98. The first-order valence-corrected chi connectivity index (χ1v) is 6.62. The average Bonchev–Trinajstić information content (AvgIpc) is 3.07. The van der Waals surface area contributed by atoms with Gasteiger partial charge in [0.05, 0.1) is 11.4 Å². The van der Waals surface area contributed by atoms with E-state index in [0.29, 0.717) is 0 Å². The van der Waals surface area contributed by atoms with Gasteiger partial charge in [-0.3, -0.25) is 0 Å². The normalized spacial score (nSPS) is 9.00. The Labute approximate surface area is 123 Å². The summed E-state index contributed by atoms with van der Waals surface area (Å²) in [5, 5.41) is 7.66. The molecule has 0 saturated heterocycles. The Bertz CT molecular complexity index is 368. The van der Waals surface area contributed by atoms with E-state index in [1.807, 2.05) is 12.1 Å². The summed E-state index contributed by atoms with van der Waals surface area (Å²) >= 11 is 0. The second-order valence-electron chi connectivity index (χ2n) is 3.98. The van der Waals surface area contributed by atoms with Crippen LogP contribution in [0.25, 0.3) is 0 Å². The van der Waals surface area contributed by atoms with E-state index < -0.39 is 0 Å². The van der Waals surface area contributed by atoms with Gasteiger partial charge in [0.25, 0.3) is 0 Å². The minimum absolute atomic E-state index is 0. The van der Waals surface area contributed by atoms with Gasteiger partial charge < -0.3 is 9.05 Å². The molecular formula is C16H30N2O2. The molecule has 0 aromatic carbocycles. The maximum Gasteiger partial charge on any atom is 0.136 e. The van der Waals surface area contributed by atoms with Crippen LogP contribution in [0.1, 0.15) is 65.5 Å². The Morgan fingerprint density at radius 2 is 1.05 bits per heavy atom. The number of nitrogens with zero attached hydrogens (tertiary/aromatic N) is 2. The standard InChI is InChI=1S/2C7H11NO.2CH4/c2*1-3-6-5-7(4-2)9-8-6;;/h2*5H,3-4H2,1-2H3;2*1H4. The van der Waals surface area contributed by atoms with E-state index in [1.54, 1.807) is 0 Å². The molecule has 0 aliphatic rings. The van der Waals surface area contributed by atoms with Crippen molar-refractivity contribution in [1.29, 1.82) is 0 Å². The van der Waals surface area contributed by atoms with Gasteiger partial charge in [0.2, 0.25) is 0 Å². The van der Waals surface area contributed by atoms with E-state index in [2.05, 4.69) is 38.0 Å². The zero-order valence-electron chi connectivity index (χ0n) is 11.7. The first-order valence-electron chi connectivity index (χ1n) is 6.62. The molecule has 4 nitrogen and oxygen atoms in total. The molecule has 116 valence electrons. The highest BCUT2D eigenvalue weighted by molar-refractivity contribution is 5.04. The Kier molecular flexibility index (Phi) is 11.7. The van der Waals surface area contributed by atoms with Crippen molar-refractivity contribution >= 4 is 0 Å². The lowest BCUT2D eigenvalue weighted by Crippen LogP contribution is -1.74. The first kappa shape index (κ1) is 20.7. The fourth-order valence-electron chi connectivity index (χ4n) is 1.38. The summed E-state index contributed by atoms with van der Waals surface area (Å²) in [5.74, 6) is 1.96. The van der Waals surface area contributed by atoms with E-state index in [-0.39, 0.29) is 14.9 Å². The summed E-state index contributed by atoms with van der Waals surface area (Å²) in [5.41, 5.74) is 2.10. The summed E-state index contributed by atoms with van der Waals surface area (Å²) in [6.07, 6.45) is 3.80. The van der Waals surface area contributed by atoms with Gasteiger partial charge >= 0.3 is 0 Å². The molecule has 0 aliphatic carbocycles. The molecule has 2 heterocycles. The van der Waals surface area contributed by atoms with Crippen LogP contribution in [0.5, 0.6) is 0 Å². The largest absolute Gasteiger partial charge is 0.361 e. The minimum Gasteiger partial charge on any atom is -0.361 e. The molecule has 0 spiro atoms. The topological polar surface area (TPSA) is 52.1 Å². The Hall–Kier alpha value is -1.58. The van der Waals surface area contributed by atoms with Crippen molar-refractivity contribution in [2.45, 2.75) is 68.2 Å². The Balaban J connectivity index is 0. The summed E-state index contributed by atoms with van der Waals surface area (Å²) < 4.78 is 9.91. The Morgan fingerprint density at radius 1 is 0.700 bits per heavy atom. The van der Waals surface area contributed by atoms with E-state index >= 15 is 0 Å². The number of aromatic nitrogens is 2. The molecule has 2 aromatic heterocycles. The van der Waals surface area contributed by atoms with Crippen LogP contribution in [0.4, 0.5) is 0 Å². The quantitative estimate of drug-likeness (QED) is 0.802. The van der Waals surface area contributed by atoms with Gasteiger partial charge in [0.1, 0.15) is 11.5 Å². The molecule has 20 heavy (non-hydrogen) atoms. The molecule has 0 radical (unpaired) electrons. The third-order valence-electron chi connectivity index (χ3n) is 2.64. The Morgan fingerprint density at radius 3 is 1.20 bits per heavy atom. The highest BCUT2D eigenvalue weighted by atomic mass is 16.5. The zero-order chi connectivity index (χ0) is 13.4. The predicted molar refractivity (Wildman–Crippen MR) is 84.0 cm³/mol. The number of hydrogen-bond acceptors (Lipinski definition) is 4. The van der Waals surface area contributed by atoms with E-state index in [9.17, 15) is 0 Å². The SMILES string of the molecule is C.C.CCc1cc(CC)on1.CCc1cc(CC)on1. The third kappa shape index (κ3) is 6.55. The van der Waals surface area contributed by atoms with Crippen LogP contribution in [-0.4, -0.2) is 10.3 Å². The zero-order valence-corrected chi connectivity index (χ0v) is 11.7. The molecular weight excluding hydrogens is 252 g/mol. The van der Waals surface area contributed by atoms with Crippen LogP contribution >= 0.6 is 0 Å². The monoisotopic (exact) mass is 282 g/mol. The van der Waals surface area contributed by atoms with Gasteiger partial charge in [0.15, 0.2) is 0 Å². The van der Waals surface area contributed by atoms with E-state index in [0.717, 1.165) is 48.6 Å². The highest BCUT2D eigenvalue weighted by Crippen LogP contribution is 2.04. The van der Waals surface area contributed by atoms with Crippen molar-refractivity contribution in [3.05, 3.63) is 35.0 Å². The van der Waals surface area contributed by atoms with Crippen LogP contribution in [0, 0.1) is 0 Å². The molecule has 0 N–H and O–H groups in total. The summed E-state index contributed by atoms with van der Waals surface area (Å²) in [6.45, 7) is 8.24. The molecule has 0 bridgehead atoms. The van der Waals surface area contributed by atoms with Gasteiger partial charge in [-0.2, -0.15) is 0 Å². The number of hydrogen-bond donors (Lipinski definition) is 0. The number of aryl methyl sites for hydroxylation is 4. The predicted octanol–water partition coefficient (Wildman–Crippen LogP) is 4.87. The first-order chi connectivity index (χ1) is 8.73. The molecule has 0 saturated carbocycles. The smallest absolute Gasteiger partial charge is 0.136 e. The van der Waals surface area contributed by atoms with Gasteiger partial charge in [-0.05, 0) is 12.8 Å². The fraction of sp³-hybridized carbons (Fsp3) is 0.625. The lowest BCUT2D eigenvalue weighted by Gasteiger charge is -1.77. The van der Waals surface area contributed by atoms with Crippen molar-refractivity contribution in [2.24, 2.45) is 0 Å². The van der Waals surface area contributed by atoms with Crippen molar-refractivity contribution in [1.82, 2.24) is 10.3 Å². The van der Waals surface area contributed by atoms with Crippen molar-refractivity contribution in [2.75, 3.05) is 0 Å². The molecule has 2 rings (SSSR count). The van der Waals surface area contributed by atoms with Gasteiger partial charge in [0, 0.05) is 25.0 Å². The van der Waals surface area contributed by atoms with E-state index in [1.165, 1.54) is 0 Å². The van der Waals surface area contributed by atoms with Crippen molar-refractivity contribution < 1.29 is 9.05 Å². The molecule has 4 heteroatoms. The molecule has 2 aromatic rings. The van der Waals surface area contributed by atoms with Gasteiger partial charge in [-0.1, -0.05) is 52.9 Å². The lowest BCUT2D eigenvalue weighted by molar-refractivity contribution is 0.381. The minimum atomic E-state index is 0. The molecule has 0 aliphatic heterocycles. The van der Waals surface area contributed by atoms with Crippen LogP contribution < -0.4 is 0 Å². The highest BCUT2D eigenvalue weighted by Gasteiger charge is 1.97. The summed E-state index contributed by atoms with van der Waals surface area (Å²) in [7, 11) is 0. The molecule has 0 unspecified atom stereocenters. The maximum atomic E-state index is 4.95. The molecule has 0 amide bonds.